The number of ether oxygens (including phenoxy) is 1. The van der Waals surface area contributed by atoms with E-state index in [0.29, 0.717) is 11.1 Å². The lowest BCUT2D eigenvalue weighted by molar-refractivity contribution is -0.141. The molecule has 3 N–H and O–H groups in total. The van der Waals surface area contributed by atoms with Gasteiger partial charge in [0.1, 0.15) is 30.0 Å². The SMILES string of the molecule is Cc1cc(C(C(=O)NC2CCCCC2)N(CC#N)C(=O)C(C)NC(=O)OC(C)(C)C)ccc1O. The van der Waals surface area contributed by atoms with Crippen LogP contribution in [0.2, 0.25) is 0 Å². The highest BCUT2D eigenvalue weighted by Gasteiger charge is 2.35. The summed E-state index contributed by atoms with van der Waals surface area (Å²) >= 11 is 0. The summed E-state index contributed by atoms with van der Waals surface area (Å²) < 4.78 is 5.23. The molecule has 0 bridgehead atoms. The number of aryl methyl sites for hydroxylation is 1. The molecule has 0 radical (unpaired) electrons. The first-order valence-electron chi connectivity index (χ1n) is 11.7. The fraction of sp³-hybridized carbons (Fsp3) is 0.600. The van der Waals surface area contributed by atoms with Gasteiger partial charge in [0.15, 0.2) is 0 Å². The number of rotatable bonds is 7. The van der Waals surface area contributed by atoms with E-state index in [0.717, 1.165) is 37.0 Å². The molecule has 1 saturated carbocycles. The molecular weight excluding hydrogens is 436 g/mol. The van der Waals surface area contributed by atoms with Crippen LogP contribution in [-0.2, 0) is 14.3 Å². The summed E-state index contributed by atoms with van der Waals surface area (Å²) in [6.07, 6.45) is 4.11. The highest BCUT2D eigenvalue weighted by molar-refractivity contribution is 5.92. The number of alkyl carbamates (subject to hydrolysis) is 1. The number of phenolic OH excluding ortho intramolecular Hbond substituents is 1. The van der Waals surface area contributed by atoms with E-state index >= 15 is 0 Å². The summed E-state index contributed by atoms with van der Waals surface area (Å²) in [6, 6.07) is 4.48. The van der Waals surface area contributed by atoms with Gasteiger partial charge in [-0.05, 0) is 70.7 Å². The Morgan fingerprint density at radius 2 is 1.88 bits per heavy atom. The number of hydrogen-bond donors (Lipinski definition) is 3. The van der Waals surface area contributed by atoms with Gasteiger partial charge in [0, 0.05) is 6.04 Å². The number of carbonyl (C=O) groups excluding carboxylic acids is 3. The van der Waals surface area contributed by atoms with Crippen molar-refractivity contribution < 1.29 is 24.2 Å². The van der Waals surface area contributed by atoms with Crippen LogP contribution in [0, 0.1) is 18.3 Å². The molecule has 186 valence electrons. The third-order valence-electron chi connectivity index (χ3n) is 5.68. The topological polar surface area (TPSA) is 132 Å². The maximum absolute atomic E-state index is 13.5. The van der Waals surface area contributed by atoms with Crippen LogP contribution in [0.1, 0.15) is 77.0 Å². The van der Waals surface area contributed by atoms with Gasteiger partial charge in [-0.15, -0.1) is 0 Å². The van der Waals surface area contributed by atoms with Crippen LogP contribution >= 0.6 is 0 Å². The van der Waals surface area contributed by atoms with Crippen LogP contribution in [-0.4, -0.2) is 52.1 Å². The van der Waals surface area contributed by atoms with E-state index in [4.69, 9.17) is 4.74 Å². The fourth-order valence-corrected chi connectivity index (χ4v) is 4.02. The van der Waals surface area contributed by atoms with Gasteiger partial charge in [0.2, 0.25) is 11.8 Å². The minimum absolute atomic E-state index is 0.00156. The first-order chi connectivity index (χ1) is 15.9. The molecule has 9 heteroatoms. The first-order valence-corrected chi connectivity index (χ1v) is 11.7. The van der Waals surface area contributed by atoms with Gasteiger partial charge in [-0.2, -0.15) is 5.26 Å². The number of amides is 3. The highest BCUT2D eigenvalue weighted by atomic mass is 16.6. The number of benzene rings is 1. The summed E-state index contributed by atoms with van der Waals surface area (Å²) in [7, 11) is 0. The number of nitrogens with one attached hydrogen (secondary N) is 2. The van der Waals surface area contributed by atoms with Crippen LogP contribution in [0.25, 0.3) is 0 Å². The molecule has 1 aliphatic rings. The van der Waals surface area contributed by atoms with Gasteiger partial charge >= 0.3 is 6.09 Å². The lowest BCUT2D eigenvalue weighted by Crippen LogP contribution is -2.53. The van der Waals surface area contributed by atoms with Crippen LogP contribution in [0.15, 0.2) is 18.2 Å². The molecular formula is C25H36N4O5. The molecule has 2 unspecified atom stereocenters. The largest absolute Gasteiger partial charge is 0.508 e. The molecule has 0 aromatic heterocycles. The Morgan fingerprint density at radius 3 is 2.44 bits per heavy atom. The summed E-state index contributed by atoms with van der Waals surface area (Å²) in [5, 5.41) is 25.0. The predicted octanol–water partition coefficient (Wildman–Crippen LogP) is 3.46. The molecule has 0 heterocycles. The van der Waals surface area contributed by atoms with Crippen LogP contribution < -0.4 is 10.6 Å². The van der Waals surface area contributed by atoms with Crippen molar-refractivity contribution >= 4 is 17.9 Å². The zero-order valence-electron chi connectivity index (χ0n) is 20.7. The maximum Gasteiger partial charge on any atom is 0.408 e. The lowest BCUT2D eigenvalue weighted by atomic mass is 9.94. The van der Waals surface area contributed by atoms with Crippen molar-refractivity contribution in [2.75, 3.05) is 6.54 Å². The van der Waals surface area contributed by atoms with E-state index < -0.39 is 35.6 Å². The Hall–Kier alpha value is -3.28. The smallest absolute Gasteiger partial charge is 0.408 e. The standard InChI is InChI=1S/C25H36N4O5/c1-16-15-18(11-12-20(16)30)21(22(31)28-19-9-7-6-8-10-19)29(14-13-26)23(32)17(2)27-24(33)34-25(3,4)5/h11-12,15,17,19,21,30H,6-10,14H2,1-5H3,(H,27,33)(H,28,31). The number of aromatic hydroxyl groups is 1. The second-order valence-electron chi connectivity index (χ2n) is 9.78. The van der Waals surface area contributed by atoms with Gasteiger partial charge in [0.25, 0.3) is 0 Å². The number of carbonyl (C=O) groups is 3. The molecule has 34 heavy (non-hydrogen) atoms. The Morgan fingerprint density at radius 1 is 1.24 bits per heavy atom. The average molecular weight is 473 g/mol. The third kappa shape index (κ3) is 7.65. The number of nitrogens with zero attached hydrogens (tertiary/aromatic N) is 2. The molecule has 1 aromatic rings. The molecule has 1 fully saturated rings. The normalized spacial score (nSPS) is 16.0. The molecule has 2 atom stereocenters. The van der Waals surface area contributed by atoms with Gasteiger partial charge in [-0.3, -0.25) is 9.59 Å². The lowest BCUT2D eigenvalue weighted by Gasteiger charge is -2.33. The predicted molar refractivity (Wildman–Crippen MR) is 127 cm³/mol. The van der Waals surface area contributed by atoms with E-state index in [1.165, 1.54) is 13.0 Å². The van der Waals surface area contributed by atoms with Crippen LogP contribution in [0.3, 0.4) is 0 Å². The van der Waals surface area contributed by atoms with Gasteiger partial charge in [-0.25, -0.2) is 4.79 Å². The van der Waals surface area contributed by atoms with Crippen LogP contribution in [0.4, 0.5) is 4.79 Å². The Labute approximate surface area is 201 Å². The minimum Gasteiger partial charge on any atom is -0.508 e. The summed E-state index contributed by atoms with van der Waals surface area (Å²) in [5.74, 6) is -0.930. The van der Waals surface area contributed by atoms with Crippen molar-refractivity contribution in [3.8, 4) is 11.8 Å². The minimum atomic E-state index is -1.10. The fourth-order valence-electron chi connectivity index (χ4n) is 4.02. The van der Waals surface area contributed by atoms with Crippen molar-refractivity contribution in [3.63, 3.8) is 0 Å². The van der Waals surface area contributed by atoms with Crippen molar-refractivity contribution in [1.82, 2.24) is 15.5 Å². The Bertz CT molecular complexity index is 928. The van der Waals surface area contributed by atoms with E-state index in [2.05, 4.69) is 10.6 Å². The van der Waals surface area contributed by atoms with Crippen molar-refractivity contribution in [3.05, 3.63) is 29.3 Å². The summed E-state index contributed by atoms with van der Waals surface area (Å²) in [4.78, 5) is 40.2. The van der Waals surface area contributed by atoms with E-state index in [9.17, 15) is 24.8 Å². The van der Waals surface area contributed by atoms with Gasteiger partial charge in [-0.1, -0.05) is 25.3 Å². The van der Waals surface area contributed by atoms with Crippen LogP contribution in [0.5, 0.6) is 5.75 Å². The second kappa shape index (κ2) is 11.7. The van der Waals surface area contributed by atoms with E-state index in [1.807, 2.05) is 6.07 Å². The third-order valence-corrected chi connectivity index (χ3v) is 5.68. The number of phenols is 1. The summed E-state index contributed by atoms with van der Waals surface area (Å²) in [6.45, 7) is 7.94. The Kier molecular flexibility index (Phi) is 9.30. The van der Waals surface area contributed by atoms with E-state index in [-0.39, 0.29) is 18.3 Å². The maximum atomic E-state index is 13.5. The number of hydrogen-bond acceptors (Lipinski definition) is 6. The van der Waals surface area contributed by atoms with E-state index in [1.54, 1.807) is 39.8 Å². The van der Waals surface area contributed by atoms with Crippen molar-refractivity contribution in [1.29, 1.82) is 5.26 Å². The zero-order valence-corrected chi connectivity index (χ0v) is 20.7. The Balaban J connectivity index is 2.35. The first kappa shape index (κ1) is 27.0. The molecule has 0 saturated heterocycles. The second-order valence-corrected chi connectivity index (χ2v) is 9.78. The average Bonchev–Trinajstić information content (AvgIpc) is 2.74. The summed E-state index contributed by atoms with van der Waals surface area (Å²) in [5.41, 5.74) is 0.263. The molecule has 2 rings (SSSR count). The quantitative estimate of drug-likeness (QED) is 0.521. The monoisotopic (exact) mass is 472 g/mol. The highest BCUT2D eigenvalue weighted by Crippen LogP contribution is 2.28. The molecule has 1 aromatic carbocycles. The van der Waals surface area contributed by atoms with Gasteiger partial charge < -0.3 is 25.4 Å². The molecule has 0 spiro atoms. The molecule has 9 nitrogen and oxygen atoms in total. The van der Waals surface area contributed by atoms with Crippen molar-refractivity contribution in [2.45, 2.75) is 90.4 Å². The zero-order chi connectivity index (χ0) is 25.5. The van der Waals surface area contributed by atoms with Gasteiger partial charge in [0.05, 0.1) is 6.07 Å². The molecule has 3 amide bonds. The molecule has 0 aliphatic heterocycles. The number of nitriles is 1. The molecule has 1 aliphatic carbocycles. The van der Waals surface area contributed by atoms with Crippen molar-refractivity contribution in [2.24, 2.45) is 0 Å².